The van der Waals surface area contributed by atoms with E-state index in [4.69, 9.17) is 0 Å². The van der Waals surface area contributed by atoms with Crippen molar-refractivity contribution in [1.82, 2.24) is 9.80 Å². The van der Waals surface area contributed by atoms with Crippen LogP contribution in [0.3, 0.4) is 0 Å². The lowest BCUT2D eigenvalue weighted by atomic mass is 9.99. The van der Waals surface area contributed by atoms with Crippen molar-refractivity contribution in [2.45, 2.75) is 12.8 Å². The number of hydrogen-bond donors (Lipinski definition) is 3. The van der Waals surface area contributed by atoms with Crippen molar-refractivity contribution in [1.29, 1.82) is 0 Å². The summed E-state index contributed by atoms with van der Waals surface area (Å²) in [5, 5.41) is 15.7. The minimum absolute atomic E-state index is 0.112. The Hall–Kier alpha value is -4.47. The molecule has 1 fully saturated rings. The summed E-state index contributed by atoms with van der Waals surface area (Å²) in [5.74, 6) is -1.20. The summed E-state index contributed by atoms with van der Waals surface area (Å²) in [7, 11) is 2.13. The lowest BCUT2D eigenvalue weighted by Gasteiger charge is -2.32. The van der Waals surface area contributed by atoms with Crippen molar-refractivity contribution in [2.75, 3.05) is 61.8 Å². The average molecular weight is 552 g/mol. The topological polar surface area (TPSA) is 105 Å². The predicted molar refractivity (Wildman–Crippen MR) is 160 cm³/mol. The number of carboxylic acid groups (broad SMARTS) is 1. The SMILES string of the molecule is CN1CCN(CCC(=O)N2CCc3cc(N/C(=C4\C(=O)Nc5cc(C(=O)O)ccc54)c4ccccc4)ccc32)CC1. The zero-order valence-electron chi connectivity index (χ0n) is 23.0. The first-order chi connectivity index (χ1) is 19.9. The molecule has 0 radical (unpaired) electrons. The van der Waals surface area contributed by atoms with Gasteiger partial charge in [0.05, 0.1) is 22.5 Å². The van der Waals surface area contributed by atoms with Crippen LogP contribution in [-0.2, 0) is 16.0 Å². The maximum atomic E-state index is 13.2. The van der Waals surface area contributed by atoms with Gasteiger partial charge in [-0.2, -0.15) is 0 Å². The van der Waals surface area contributed by atoms with E-state index in [0.29, 0.717) is 35.5 Å². The minimum atomic E-state index is -1.05. The van der Waals surface area contributed by atoms with Gasteiger partial charge in [0.2, 0.25) is 5.91 Å². The number of carbonyl (C=O) groups excluding carboxylic acids is 2. The Labute approximate surface area is 239 Å². The van der Waals surface area contributed by atoms with Crippen molar-refractivity contribution in [3.05, 3.63) is 89.0 Å². The Kier molecular flexibility index (Phi) is 7.30. The molecule has 0 bridgehead atoms. The highest BCUT2D eigenvalue weighted by Gasteiger charge is 2.30. The zero-order valence-corrected chi connectivity index (χ0v) is 23.0. The molecule has 3 aromatic rings. The lowest BCUT2D eigenvalue weighted by Crippen LogP contribution is -2.45. The van der Waals surface area contributed by atoms with Crippen LogP contribution in [0.25, 0.3) is 11.3 Å². The smallest absolute Gasteiger partial charge is 0.335 e. The monoisotopic (exact) mass is 551 g/mol. The molecular weight excluding hydrogens is 518 g/mol. The standard InChI is InChI=1S/C32H33N5O4/c1-35-15-17-36(18-16-35)13-12-28(38)37-14-11-22-19-24(8-10-27(22)37)33-30(21-5-3-2-4-6-21)29-25-9-7-23(32(40)41)20-26(25)34-31(29)39/h2-10,19-20,33H,11-18H2,1H3,(H,34,39)(H,40,41)/b30-29-. The second kappa shape index (κ2) is 11.2. The van der Waals surface area contributed by atoms with Crippen LogP contribution in [0.5, 0.6) is 0 Å². The molecule has 1 saturated heterocycles. The van der Waals surface area contributed by atoms with Gasteiger partial charge in [-0.05, 0) is 54.9 Å². The number of piperazine rings is 1. The number of rotatable bonds is 7. The van der Waals surface area contributed by atoms with Gasteiger partial charge in [0.25, 0.3) is 5.91 Å². The van der Waals surface area contributed by atoms with Crippen molar-refractivity contribution in [3.63, 3.8) is 0 Å². The van der Waals surface area contributed by atoms with E-state index in [0.717, 1.165) is 61.6 Å². The Morgan fingerprint density at radius 3 is 2.46 bits per heavy atom. The Balaban J connectivity index is 1.25. The third-order valence-electron chi connectivity index (χ3n) is 8.11. The minimum Gasteiger partial charge on any atom is -0.478 e. The molecule has 0 aliphatic carbocycles. The maximum Gasteiger partial charge on any atom is 0.335 e. The van der Waals surface area contributed by atoms with Gasteiger partial charge in [-0.25, -0.2) is 4.79 Å². The van der Waals surface area contributed by atoms with E-state index in [-0.39, 0.29) is 17.4 Å². The molecule has 9 heteroatoms. The number of aromatic carboxylic acids is 1. The van der Waals surface area contributed by atoms with E-state index in [9.17, 15) is 19.5 Å². The number of nitrogens with one attached hydrogen (secondary N) is 2. The molecule has 0 unspecified atom stereocenters. The Morgan fingerprint density at radius 2 is 1.71 bits per heavy atom. The highest BCUT2D eigenvalue weighted by molar-refractivity contribution is 6.37. The van der Waals surface area contributed by atoms with Gasteiger partial charge in [-0.15, -0.1) is 0 Å². The highest BCUT2D eigenvalue weighted by Crippen LogP contribution is 2.39. The number of anilines is 3. The highest BCUT2D eigenvalue weighted by atomic mass is 16.4. The lowest BCUT2D eigenvalue weighted by molar-refractivity contribution is -0.119. The summed E-state index contributed by atoms with van der Waals surface area (Å²) >= 11 is 0. The number of likely N-dealkylation sites (N-methyl/N-ethyl adjacent to an activating group) is 1. The van der Waals surface area contributed by atoms with E-state index in [1.165, 1.54) is 12.1 Å². The predicted octanol–water partition coefficient (Wildman–Crippen LogP) is 3.84. The van der Waals surface area contributed by atoms with Gasteiger partial charge in [-0.1, -0.05) is 36.4 Å². The summed E-state index contributed by atoms with van der Waals surface area (Å²) in [4.78, 5) is 44.4. The molecule has 3 aromatic carbocycles. The van der Waals surface area contributed by atoms with Crippen molar-refractivity contribution in [2.24, 2.45) is 0 Å². The van der Waals surface area contributed by atoms with E-state index < -0.39 is 5.97 Å². The number of hydrogen-bond acceptors (Lipinski definition) is 6. The number of benzene rings is 3. The van der Waals surface area contributed by atoms with Gasteiger partial charge >= 0.3 is 5.97 Å². The second-order valence-electron chi connectivity index (χ2n) is 10.8. The van der Waals surface area contributed by atoms with Gasteiger partial charge in [0, 0.05) is 62.6 Å². The number of fused-ring (bicyclic) bond motifs is 2. The fourth-order valence-corrected chi connectivity index (χ4v) is 5.78. The van der Waals surface area contributed by atoms with Gasteiger partial charge in [-0.3, -0.25) is 9.59 Å². The summed E-state index contributed by atoms with van der Waals surface area (Å²) < 4.78 is 0. The first-order valence-electron chi connectivity index (χ1n) is 14.0. The normalized spacial score (nSPS) is 18.1. The first-order valence-corrected chi connectivity index (χ1v) is 14.0. The van der Waals surface area contributed by atoms with Crippen LogP contribution >= 0.6 is 0 Å². The van der Waals surface area contributed by atoms with E-state index >= 15 is 0 Å². The van der Waals surface area contributed by atoms with Crippen LogP contribution in [0.4, 0.5) is 17.1 Å². The molecule has 6 rings (SSSR count). The molecule has 0 saturated carbocycles. The molecule has 41 heavy (non-hydrogen) atoms. The summed E-state index contributed by atoms with van der Waals surface area (Å²) in [6, 6.07) is 20.2. The number of amides is 2. The molecule has 210 valence electrons. The van der Waals surface area contributed by atoms with Crippen molar-refractivity contribution < 1.29 is 19.5 Å². The average Bonchev–Trinajstić information content (AvgIpc) is 3.55. The molecular formula is C32H33N5O4. The van der Waals surface area contributed by atoms with Crippen molar-refractivity contribution in [3.8, 4) is 0 Å². The summed E-state index contributed by atoms with van der Waals surface area (Å²) in [5.41, 5.74) is 5.97. The van der Waals surface area contributed by atoms with Crippen LogP contribution in [0.1, 0.15) is 33.5 Å². The molecule has 3 heterocycles. The molecule has 0 spiro atoms. The molecule has 3 aliphatic heterocycles. The maximum absolute atomic E-state index is 13.2. The van der Waals surface area contributed by atoms with Crippen LogP contribution in [-0.4, -0.2) is 79.0 Å². The number of nitrogens with zero attached hydrogens (tertiary/aromatic N) is 3. The fourth-order valence-electron chi connectivity index (χ4n) is 5.78. The van der Waals surface area contributed by atoms with E-state index in [2.05, 4.69) is 27.5 Å². The van der Waals surface area contributed by atoms with Gasteiger partial charge < -0.3 is 30.4 Å². The number of carboxylic acids is 1. The Bertz CT molecular complexity index is 1540. The molecule has 2 amide bonds. The fraction of sp³-hybridized carbons (Fsp3) is 0.281. The molecule has 0 aromatic heterocycles. The van der Waals surface area contributed by atoms with Crippen LogP contribution in [0.15, 0.2) is 66.7 Å². The first kappa shape index (κ1) is 26.7. The third-order valence-corrected chi connectivity index (χ3v) is 8.11. The molecule has 3 N–H and O–H groups in total. The zero-order chi connectivity index (χ0) is 28.5. The third kappa shape index (κ3) is 5.46. The number of carbonyl (C=O) groups is 3. The quantitative estimate of drug-likeness (QED) is 0.383. The molecule has 0 atom stereocenters. The van der Waals surface area contributed by atoms with Crippen molar-refractivity contribution >= 4 is 46.1 Å². The van der Waals surface area contributed by atoms with E-state index in [1.807, 2.05) is 53.4 Å². The largest absolute Gasteiger partial charge is 0.478 e. The summed E-state index contributed by atoms with van der Waals surface area (Å²) in [6.07, 6.45) is 1.27. The molecule has 9 nitrogen and oxygen atoms in total. The van der Waals surface area contributed by atoms with Crippen LogP contribution in [0.2, 0.25) is 0 Å². The van der Waals surface area contributed by atoms with Crippen LogP contribution in [0, 0.1) is 0 Å². The Morgan fingerprint density at radius 1 is 0.927 bits per heavy atom. The molecule has 3 aliphatic rings. The summed E-state index contributed by atoms with van der Waals surface area (Å²) in [6.45, 7) is 5.51. The van der Waals surface area contributed by atoms with E-state index in [1.54, 1.807) is 6.07 Å². The van der Waals surface area contributed by atoms with Crippen LogP contribution < -0.4 is 15.5 Å². The van der Waals surface area contributed by atoms with Gasteiger partial charge in [0.15, 0.2) is 0 Å². The van der Waals surface area contributed by atoms with Gasteiger partial charge in [0.1, 0.15) is 0 Å². The second-order valence-corrected chi connectivity index (χ2v) is 10.8.